The maximum atomic E-state index is 15.0. The molecule has 0 radical (unpaired) electrons. The lowest BCUT2D eigenvalue weighted by Crippen LogP contribution is -2.55. The van der Waals surface area contributed by atoms with Crippen molar-refractivity contribution in [2.75, 3.05) is 90.6 Å². The normalized spacial score (nSPS) is 25.6. The quantitative estimate of drug-likeness (QED) is 0.173. The molecular formula is C60H90N6O14. The maximum Gasteiger partial charge on any atom is 0.329 e. The number of carbonyl (C=O) groups excluding carboxylic acids is 8. The molecular weight excluding hydrogens is 1030 g/mol. The molecule has 8 unspecified atom stereocenters. The van der Waals surface area contributed by atoms with Crippen LogP contribution >= 0.6 is 0 Å². The topological polar surface area (TPSA) is 211 Å². The zero-order chi connectivity index (χ0) is 59.1. The number of anilines is 2. The zero-order valence-electron chi connectivity index (χ0n) is 49.8. The van der Waals surface area contributed by atoms with E-state index in [2.05, 4.69) is 9.80 Å². The van der Waals surface area contributed by atoms with Crippen molar-refractivity contribution < 1.29 is 66.8 Å². The van der Waals surface area contributed by atoms with Gasteiger partial charge in [-0.1, -0.05) is 79.7 Å². The van der Waals surface area contributed by atoms with Gasteiger partial charge in [0.2, 0.25) is 0 Å². The first kappa shape index (κ1) is 64.5. The molecule has 5 rings (SSSR count). The average molecular weight is 1120 g/mol. The SMILES string of the molecule is CC(C)CC1C(=O)OC(Cc2ccc(N3CCOCC3)cc2)C(=O)N(C)C(CC(C)C)C(=O)OC(C)C(=O)N(C)C(CC(C)C)C(=O)OC(Cc2ccc(N3CCOCC3)cc2)C(=O)N(C)C(CC(C)C)C(=O)OC(C)C(=O)N1C. The number of cyclic esters (lactones) is 4. The minimum Gasteiger partial charge on any atom is -0.451 e. The van der Waals surface area contributed by atoms with Crippen LogP contribution in [-0.4, -0.2) is 196 Å². The monoisotopic (exact) mass is 1120 g/mol. The Bertz CT molecular complexity index is 2220. The molecule has 0 bridgehead atoms. The Kier molecular flexibility index (Phi) is 24.2. The largest absolute Gasteiger partial charge is 0.451 e. The Morgan fingerprint density at radius 2 is 0.637 bits per heavy atom. The number of rotatable bonds is 14. The highest BCUT2D eigenvalue weighted by molar-refractivity contribution is 5.94. The summed E-state index contributed by atoms with van der Waals surface area (Å²) in [6, 6.07) is 9.92. The van der Waals surface area contributed by atoms with Gasteiger partial charge in [-0.25, -0.2) is 19.2 Å². The number of benzene rings is 2. The number of esters is 4. The number of hydrogen-bond acceptors (Lipinski definition) is 16. The molecule has 3 aliphatic heterocycles. The van der Waals surface area contributed by atoms with Crippen LogP contribution in [0.3, 0.4) is 0 Å². The number of nitrogens with zero attached hydrogens (tertiary/aromatic N) is 6. The molecule has 2 aromatic carbocycles. The summed E-state index contributed by atoms with van der Waals surface area (Å²) in [4.78, 5) is 126. The number of hydrogen-bond donors (Lipinski definition) is 0. The lowest BCUT2D eigenvalue weighted by Gasteiger charge is -2.35. The molecule has 0 aromatic heterocycles. The Labute approximate surface area is 474 Å². The lowest BCUT2D eigenvalue weighted by atomic mass is 10.00. The van der Waals surface area contributed by atoms with Crippen molar-refractivity contribution in [3.05, 3.63) is 59.7 Å². The first-order chi connectivity index (χ1) is 37.8. The predicted molar refractivity (Wildman–Crippen MR) is 301 cm³/mol. The summed E-state index contributed by atoms with van der Waals surface area (Å²) in [7, 11) is 5.61. The Balaban J connectivity index is 1.59. The van der Waals surface area contributed by atoms with Gasteiger partial charge in [-0.15, -0.1) is 0 Å². The molecule has 444 valence electrons. The van der Waals surface area contributed by atoms with Gasteiger partial charge in [-0.2, -0.15) is 0 Å². The molecule has 0 saturated carbocycles. The Morgan fingerprint density at radius 3 is 0.900 bits per heavy atom. The third kappa shape index (κ3) is 17.9. The first-order valence-electron chi connectivity index (χ1n) is 28.5. The van der Waals surface area contributed by atoms with Gasteiger partial charge in [0, 0.05) is 78.6 Å². The fourth-order valence-corrected chi connectivity index (χ4v) is 10.2. The summed E-state index contributed by atoms with van der Waals surface area (Å²) in [5, 5.41) is 0. The summed E-state index contributed by atoms with van der Waals surface area (Å²) >= 11 is 0. The number of amides is 4. The van der Waals surface area contributed by atoms with Gasteiger partial charge in [-0.05, 0) is 98.6 Å². The fourth-order valence-electron chi connectivity index (χ4n) is 10.2. The lowest BCUT2D eigenvalue weighted by molar-refractivity contribution is -0.176. The van der Waals surface area contributed by atoms with Crippen LogP contribution in [0.5, 0.6) is 0 Å². The molecule has 3 saturated heterocycles. The molecule has 80 heavy (non-hydrogen) atoms. The van der Waals surface area contributed by atoms with Crippen molar-refractivity contribution in [1.29, 1.82) is 0 Å². The second-order valence-electron chi connectivity index (χ2n) is 23.3. The van der Waals surface area contributed by atoms with Crippen molar-refractivity contribution in [1.82, 2.24) is 19.6 Å². The zero-order valence-corrected chi connectivity index (χ0v) is 49.8. The van der Waals surface area contributed by atoms with Gasteiger partial charge < -0.3 is 57.8 Å². The van der Waals surface area contributed by atoms with E-state index in [-0.39, 0.29) is 62.2 Å². The molecule has 8 atom stereocenters. The summed E-state index contributed by atoms with van der Waals surface area (Å²) in [5.41, 5.74) is 3.17. The minimum atomic E-state index is -1.51. The molecule has 0 N–H and O–H groups in total. The van der Waals surface area contributed by atoms with Crippen LogP contribution in [-0.2, 0) is 79.6 Å². The van der Waals surface area contributed by atoms with E-state index in [1.165, 1.54) is 51.8 Å². The fraction of sp³-hybridized carbons (Fsp3) is 0.667. The van der Waals surface area contributed by atoms with Crippen LogP contribution in [0.2, 0.25) is 0 Å². The number of ether oxygens (including phenoxy) is 6. The highest BCUT2D eigenvalue weighted by Crippen LogP contribution is 2.26. The molecule has 0 aliphatic carbocycles. The van der Waals surface area contributed by atoms with Gasteiger partial charge in [0.05, 0.1) is 26.4 Å². The molecule has 20 heteroatoms. The average Bonchev–Trinajstić information content (AvgIpc) is 3.44. The van der Waals surface area contributed by atoms with Crippen LogP contribution in [0, 0.1) is 23.7 Å². The number of carbonyl (C=O) groups is 8. The van der Waals surface area contributed by atoms with E-state index in [1.54, 1.807) is 0 Å². The van der Waals surface area contributed by atoms with Gasteiger partial charge >= 0.3 is 23.9 Å². The third-order valence-electron chi connectivity index (χ3n) is 14.9. The number of morpholine rings is 2. The van der Waals surface area contributed by atoms with Crippen LogP contribution in [0.25, 0.3) is 0 Å². The summed E-state index contributed by atoms with van der Waals surface area (Å²) < 4.78 is 35.3. The van der Waals surface area contributed by atoms with Crippen molar-refractivity contribution in [2.24, 2.45) is 23.7 Å². The van der Waals surface area contributed by atoms with Crippen molar-refractivity contribution in [3.8, 4) is 0 Å². The molecule has 3 fully saturated rings. The van der Waals surface area contributed by atoms with E-state index < -0.39 is 96.1 Å². The van der Waals surface area contributed by atoms with Crippen molar-refractivity contribution in [2.45, 2.75) is 156 Å². The summed E-state index contributed by atoms with van der Waals surface area (Å²) in [6.07, 6.45) is -5.82. The molecule has 20 nitrogen and oxygen atoms in total. The molecule has 4 amide bonds. The standard InChI is InChI=1S/C60H90N6O14/c1-37(2)31-47-57(71)77-41(9)53(67)61(11)50(34-40(7)8)60(74)80-52(36-44-17-21-46(22-18-44)66-25-29-76-30-26-66)56(70)64(14)48(32-38(3)4)58(72)78-42(10)54(68)62(12)49(33-39(5)6)59(73)79-51(55(69)63(47)13)35-43-15-19-45(20-16-43)65-23-27-75-28-24-65/h15-22,37-42,47-52H,23-36H2,1-14H3. The summed E-state index contributed by atoms with van der Waals surface area (Å²) in [5.74, 6) is -7.28. The Hall–Kier alpha value is -6.28. The van der Waals surface area contributed by atoms with E-state index in [0.29, 0.717) is 63.7 Å². The second-order valence-corrected chi connectivity index (χ2v) is 23.3. The highest BCUT2D eigenvalue weighted by atomic mass is 16.6. The van der Waals surface area contributed by atoms with Gasteiger partial charge in [0.1, 0.15) is 24.2 Å². The summed E-state index contributed by atoms with van der Waals surface area (Å²) in [6.45, 7) is 22.7. The van der Waals surface area contributed by atoms with E-state index in [4.69, 9.17) is 28.4 Å². The van der Waals surface area contributed by atoms with E-state index >= 15 is 0 Å². The van der Waals surface area contributed by atoms with Gasteiger partial charge in [0.25, 0.3) is 23.6 Å². The smallest absolute Gasteiger partial charge is 0.329 e. The van der Waals surface area contributed by atoms with Gasteiger partial charge in [0.15, 0.2) is 24.4 Å². The van der Waals surface area contributed by atoms with Crippen LogP contribution in [0.4, 0.5) is 11.4 Å². The first-order valence-corrected chi connectivity index (χ1v) is 28.5. The van der Waals surface area contributed by atoms with Crippen LogP contribution < -0.4 is 9.80 Å². The molecule has 3 heterocycles. The molecule has 0 spiro atoms. The molecule has 3 aliphatic rings. The van der Waals surface area contributed by atoms with Crippen molar-refractivity contribution in [3.63, 3.8) is 0 Å². The second kappa shape index (κ2) is 30.0. The Morgan fingerprint density at radius 1 is 0.388 bits per heavy atom. The molecule has 2 aromatic rings. The van der Waals surface area contributed by atoms with E-state index in [0.717, 1.165) is 21.2 Å². The third-order valence-corrected chi connectivity index (χ3v) is 14.9. The van der Waals surface area contributed by atoms with E-state index in [1.807, 2.05) is 104 Å². The predicted octanol–water partition coefficient (Wildman–Crippen LogP) is 5.34. The van der Waals surface area contributed by atoms with Crippen molar-refractivity contribution >= 4 is 58.9 Å². The highest BCUT2D eigenvalue weighted by Gasteiger charge is 2.43. The minimum absolute atomic E-state index is 0.0939. The van der Waals surface area contributed by atoms with Crippen LogP contribution in [0.1, 0.15) is 106 Å². The van der Waals surface area contributed by atoms with Crippen LogP contribution in [0.15, 0.2) is 48.5 Å². The van der Waals surface area contributed by atoms with E-state index in [9.17, 15) is 38.4 Å². The number of likely N-dealkylation sites (N-methyl/N-ethyl adjacent to an activating group) is 4. The maximum absolute atomic E-state index is 15.0. The van der Waals surface area contributed by atoms with Gasteiger partial charge in [-0.3, -0.25) is 19.2 Å².